The standard InChI is InChI=1S/C10H13N5O3S2/c1-7(16)15(8-5-3-2-4-6-8)10(20(12,17)18)14-13-9(11)19-10/h2-6,14H,1H3,(H2,11,13)(H2,12,17,18). The van der Waals surface area contributed by atoms with E-state index in [1.807, 2.05) is 0 Å². The zero-order valence-electron chi connectivity index (χ0n) is 10.5. The number of anilines is 1. The number of primary sulfonamides is 1. The molecule has 0 radical (unpaired) electrons. The molecule has 1 heterocycles. The molecule has 1 unspecified atom stereocenters. The number of hydrazone groups is 1. The number of sulfonamides is 1. The zero-order chi connectivity index (χ0) is 15.0. The van der Waals surface area contributed by atoms with E-state index in [0.717, 1.165) is 4.90 Å². The third-order valence-corrected chi connectivity index (χ3v) is 5.40. The molecule has 0 saturated carbocycles. The van der Waals surface area contributed by atoms with E-state index < -0.39 is 20.3 Å². The maximum absolute atomic E-state index is 12.0. The minimum absolute atomic E-state index is 0.0267. The second-order valence-corrected chi connectivity index (χ2v) is 7.13. The molecule has 1 amide bonds. The van der Waals surface area contributed by atoms with Crippen LogP contribution in [0.4, 0.5) is 5.69 Å². The Labute approximate surface area is 120 Å². The van der Waals surface area contributed by atoms with Crippen molar-refractivity contribution in [3.05, 3.63) is 30.3 Å². The number of benzene rings is 1. The number of carbonyl (C=O) groups is 1. The van der Waals surface area contributed by atoms with Crippen molar-refractivity contribution in [3.8, 4) is 0 Å². The number of nitrogens with two attached hydrogens (primary N) is 2. The summed E-state index contributed by atoms with van der Waals surface area (Å²) in [5, 5.41) is 8.89. The number of nitrogens with zero attached hydrogens (tertiary/aromatic N) is 2. The number of nitrogens with one attached hydrogen (secondary N) is 1. The van der Waals surface area contributed by atoms with Crippen LogP contribution in [0.5, 0.6) is 0 Å². The molecule has 1 aromatic carbocycles. The number of hydrogen-bond donors (Lipinski definition) is 3. The van der Waals surface area contributed by atoms with Crippen LogP contribution in [0.2, 0.25) is 0 Å². The van der Waals surface area contributed by atoms with Gasteiger partial charge in [-0.05, 0) is 23.9 Å². The maximum atomic E-state index is 12.0. The second kappa shape index (κ2) is 4.96. The maximum Gasteiger partial charge on any atom is 0.306 e. The quantitative estimate of drug-likeness (QED) is 0.689. The molecule has 1 aliphatic rings. The van der Waals surface area contributed by atoms with Gasteiger partial charge in [-0.25, -0.2) is 13.6 Å². The van der Waals surface area contributed by atoms with E-state index in [2.05, 4.69) is 10.5 Å². The Hall–Kier alpha value is -1.78. The lowest BCUT2D eigenvalue weighted by atomic mass is 10.3. The highest BCUT2D eigenvalue weighted by Gasteiger charge is 2.54. The van der Waals surface area contributed by atoms with Gasteiger partial charge in [0.2, 0.25) is 5.91 Å². The SMILES string of the molecule is CC(=O)N(c1ccccc1)C1(S(N)(=O)=O)NN=C(N)S1. The Kier molecular flexibility index (Phi) is 3.63. The van der Waals surface area contributed by atoms with Gasteiger partial charge in [-0.15, -0.1) is 0 Å². The second-order valence-electron chi connectivity index (χ2n) is 3.98. The minimum Gasteiger partial charge on any atom is -0.377 e. The van der Waals surface area contributed by atoms with Gasteiger partial charge in [0.1, 0.15) is 0 Å². The Morgan fingerprint density at radius 3 is 2.40 bits per heavy atom. The van der Waals surface area contributed by atoms with Gasteiger partial charge in [0.15, 0.2) is 5.17 Å². The minimum atomic E-state index is -4.23. The Morgan fingerprint density at radius 1 is 1.40 bits per heavy atom. The summed E-state index contributed by atoms with van der Waals surface area (Å²) in [7, 11) is -4.23. The van der Waals surface area contributed by atoms with Crippen LogP contribution < -0.4 is 21.2 Å². The lowest BCUT2D eigenvalue weighted by Gasteiger charge is -2.36. The highest BCUT2D eigenvalue weighted by Crippen LogP contribution is 2.38. The molecule has 108 valence electrons. The van der Waals surface area contributed by atoms with Crippen LogP contribution in [-0.4, -0.2) is 23.8 Å². The normalized spacial score (nSPS) is 22.0. The van der Waals surface area contributed by atoms with Gasteiger partial charge in [-0.1, -0.05) is 18.2 Å². The average molecular weight is 315 g/mol. The van der Waals surface area contributed by atoms with Gasteiger partial charge < -0.3 is 5.73 Å². The molecule has 0 aromatic heterocycles. The van der Waals surface area contributed by atoms with Crippen molar-refractivity contribution in [1.29, 1.82) is 0 Å². The zero-order valence-corrected chi connectivity index (χ0v) is 12.1. The lowest BCUT2D eigenvalue weighted by molar-refractivity contribution is -0.117. The van der Waals surface area contributed by atoms with Crippen LogP contribution >= 0.6 is 11.8 Å². The fourth-order valence-corrected chi connectivity index (χ4v) is 3.97. The number of rotatable bonds is 3. The summed E-state index contributed by atoms with van der Waals surface area (Å²) < 4.78 is 22.0. The van der Waals surface area contributed by atoms with Gasteiger partial charge in [0, 0.05) is 12.6 Å². The van der Waals surface area contributed by atoms with E-state index in [1.54, 1.807) is 30.3 Å². The topological polar surface area (TPSA) is 131 Å². The van der Waals surface area contributed by atoms with Crippen molar-refractivity contribution in [1.82, 2.24) is 5.43 Å². The summed E-state index contributed by atoms with van der Waals surface area (Å²) in [4.78, 5) is 13.0. The van der Waals surface area contributed by atoms with Crippen molar-refractivity contribution in [2.75, 3.05) is 4.90 Å². The molecule has 1 aromatic rings. The fourth-order valence-electron chi connectivity index (χ4n) is 1.79. The summed E-state index contributed by atoms with van der Waals surface area (Å²) in [5.74, 6) is -0.518. The highest BCUT2D eigenvalue weighted by atomic mass is 32.3. The van der Waals surface area contributed by atoms with Crippen LogP contribution in [-0.2, 0) is 14.8 Å². The van der Waals surface area contributed by atoms with Crippen molar-refractivity contribution in [3.63, 3.8) is 0 Å². The molecule has 0 spiro atoms. The van der Waals surface area contributed by atoms with Crippen LogP contribution in [0.25, 0.3) is 0 Å². The largest absolute Gasteiger partial charge is 0.377 e. The number of para-hydroxylation sites is 1. The predicted octanol–water partition coefficient (Wildman–Crippen LogP) is -0.495. The molecular formula is C10H13N5O3S2. The molecule has 1 atom stereocenters. The Morgan fingerprint density at radius 2 is 2.00 bits per heavy atom. The molecule has 0 bridgehead atoms. The van der Waals surface area contributed by atoms with Crippen molar-refractivity contribution in [2.45, 2.75) is 11.3 Å². The number of amides is 1. The first-order chi connectivity index (χ1) is 9.28. The Bertz CT molecular complexity index is 661. The first-order valence-electron chi connectivity index (χ1n) is 5.45. The summed E-state index contributed by atoms with van der Waals surface area (Å²) in [5.41, 5.74) is 8.23. The fraction of sp³-hybridized carbons (Fsp3) is 0.200. The van der Waals surface area contributed by atoms with Gasteiger partial charge in [-0.3, -0.25) is 15.1 Å². The summed E-state index contributed by atoms with van der Waals surface area (Å²) in [6.07, 6.45) is 0. The number of thioether (sulfide) groups is 1. The number of amidine groups is 1. The van der Waals surface area contributed by atoms with E-state index in [0.29, 0.717) is 17.4 Å². The van der Waals surface area contributed by atoms with Gasteiger partial charge in [0.05, 0.1) is 0 Å². The van der Waals surface area contributed by atoms with Crippen LogP contribution in [0, 0.1) is 0 Å². The van der Waals surface area contributed by atoms with E-state index in [4.69, 9.17) is 10.9 Å². The summed E-state index contributed by atoms with van der Waals surface area (Å²) >= 11 is 0.660. The monoisotopic (exact) mass is 315 g/mol. The van der Waals surface area contributed by atoms with Crippen LogP contribution in [0.15, 0.2) is 35.4 Å². The molecule has 20 heavy (non-hydrogen) atoms. The molecule has 1 aliphatic heterocycles. The average Bonchev–Trinajstić information content (AvgIpc) is 2.73. The van der Waals surface area contributed by atoms with E-state index in [9.17, 15) is 13.2 Å². The van der Waals surface area contributed by atoms with Crippen molar-refractivity contribution >= 4 is 38.5 Å². The highest BCUT2D eigenvalue weighted by molar-refractivity contribution is 8.23. The van der Waals surface area contributed by atoms with Crippen molar-refractivity contribution < 1.29 is 13.2 Å². The molecule has 0 fully saturated rings. The number of hydrogen-bond acceptors (Lipinski definition) is 7. The first kappa shape index (κ1) is 14.6. The molecular weight excluding hydrogens is 302 g/mol. The van der Waals surface area contributed by atoms with E-state index in [-0.39, 0.29) is 5.17 Å². The van der Waals surface area contributed by atoms with Crippen LogP contribution in [0.1, 0.15) is 6.92 Å². The van der Waals surface area contributed by atoms with Gasteiger partial charge in [-0.2, -0.15) is 5.10 Å². The number of carbonyl (C=O) groups excluding carboxylic acids is 1. The van der Waals surface area contributed by atoms with E-state index >= 15 is 0 Å². The smallest absolute Gasteiger partial charge is 0.306 e. The molecule has 10 heteroatoms. The first-order valence-corrected chi connectivity index (χ1v) is 7.82. The molecule has 0 saturated heterocycles. The predicted molar refractivity (Wildman–Crippen MR) is 77.8 cm³/mol. The summed E-state index contributed by atoms with van der Waals surface area (Å²) in [6.45, 7) is 1.23. The molecule has 5 N–H and O–H groups in total. The molecule has 0 aliphatic carbocycles. The third-order valence-electron chi connectivity index (χ3n) is 2.56. The van der Waals surface area contributed by atoms with Gasteiger partial charge in [0.25, 0.3) is 10.0 Å². The van der Waals surface area contributed by atoms with Crippen molar-refractivity contribution in [2.24, 2.45) is 16.0 Å². The molecule has 2 rings (SSSR count). The van der Waals surface area contributed by atoms with Crippen LogP contribution in [0.3, 0.4) is 0 Å². The summed E-state index contributed by atoms with van der Waals surface area (Å²) in [6, 6.07) is 8.26. The lowest BCUT2D eigenvalue weighted by Crippen LogP contribution is -2.62. The molecule has 8 nitrogen and oxygen atoms in total. The Balaban J connectivity index is 2.60. The van der Waals surface area contributed by atoms with E-state index in [1.165, 1.54) is 6.92 Å². The van der Waals surface area contributed by atoms with Gasteiger partial charge >= 0.3 is 4.33 Å². The third kappa shape index (κ3) is 2.32.